The van der Waals surface area contributed by atoms with Crippen LogP contribution in [0.5, 0.6) is 5.75 Å². The Morgan fingerprint density at radius 3 is 2.38 bits per heavy atom. The number of carbonyl (C=O) groups excluding carboxylic acids is 2. The molecule has 6 nitrogen and oxygen atoms in total. The monoisotopic (exact) mass is 494 g/mol. The number of hydrogen-bond acceptors (Lipinski definition) is 5. The van der Waals surface area contributed by atoms with Gasteiger partial charge in [0.15, 0.2) is 6.29 Å². The van der Waals surface area contributed by atoms with E-state index in [0.717, 1.165) is 50.9 Å². The number of aldehydes is 1. The fraction of sp³-hybridized carbons (Fsp3) is 0.462. The van der Waals surface area contributed by atoms with E-state index in [2.05, 4.69) is 43.4 Å². The Kier molecular flexibility index (Phi) is 14.1. The molecule has 0 aromatic heterocycles. The first-order valence-corrected chi connectivity index (χ1v) is 11.7. The van der Waals surface area contributed by atoms with Crippen molar-refractivity contribution in [2.45, 2.75) is 45.6 Å². The predicted molar refractivity (Wildman–Crippen MR) is 134 cm³/mol. The maximum Gasteiger partial charge on any atom is 0.207 e. The SMILES string of the molecule is CC1CC(CN)(NC=O)C1.CCOCCc1ccc(C)cc1.O=CCOc1ccc(Cl)c(F)c1. The van der Waals surface area contributed by atoms with Crippen molar-refractivity contribution in [3.8, 4) is 5.75 Å². The molecule has 188 valence electrons. The number of amides is 1. The highest BCUT2D eigenvalue weighted by atomic mass is 35.5. The number of ether oxygens (including phenoxy) is 2. The summed E-state index contributed by atoms with van der Waals surface area (Å²) in [4.78, 5) is 20.0. The first kappa shape index (κ1) is 29.6. The van der Waals surface area contributed by atoms with Crippen molar-refractivity contribution in [3.05, 3.63) is 64.4 Å². The molecule has 0 atom stereocenters. The standard InChI is InChI=1S/C11H16O.C8H6ClFO2.C7H14N2O/c1-3-12-9-8-11-6-4-10(2)5-7-11;9-7-2-1-6(5-8(7)10)12-4-3-11;1-6-2-7(3-6,4-8)9-5-10/h4-7H,3,8-9H2,1-2H3;1-3,5H,4H2;5-6H,2-4,8H2,1H3,(H,9,10). The van der Waals surface area contributed by atoms with Crippen LogP contribution in [0, 0.1) is 18.7 Å². The number of hydrogen-bond donors (Lipinski definition) is 2. The van der Waals surface area contributed by atoms with Crippen molar-refractivity contribution < 1.29 is 23.5 Å². The van der Waals surface area contributed by atoms with E-state index in [9.17, 15) is 14.0 Å². The number of aryl methyl sites for hydroxylation is 1. The van der Waals surface area contributed by atoms with Crippen LogP contribution in [0.15, 0.2) is 42.5 Å². The van der Waals surface area contributed by atoms with Crippen molar-refractivity contribution in [1.29, 1.82) is 0 Å². The fourth-order valence-corrected chi connectivity index (χ4v) is 3.65. The van der Waals surface area contributed by atoms with Crippen LogP contribution in [0.3, 0.4) is 0 Å². The lowest BCUT2D eigenvalue weighted by molar-refractivity contribution is -0.112. The lowest BCUT2D eigenvalue weighted by atomic mass is 9.69. The summed E-state index contributed by atoms with van der Waals surface area (Å²) in [6.07, 6.45) is 4.42. The molecule has 2 aromatic rings. The number of benzene rings is 2. The molecule has 0 saturated heterocycles. The Morgan fingerprint density at radius 2 is 1.88 bits per heavy atom. The van der Waals surface area contributed by atoms with E-state index in [1.807, 2.05) is 6.92 Å². The van der Waals surface area contributed by atoms with Gasteiger partial charge in [0.1, 0.15) is 18.2 Å². The zero-order valence-corrected chi connectivity index (χ0v) is 20.9. The molecule has 0 aliphatic heterocycles. The normalized spacial score (nSPS) is 18.2. The molecule has 1 aliphatic carbocycles. The summed E-state index contributed by atoms with van der Waals surface area (Å²) in [5.74, 6) is 0.458. The van der Waals surface area contributed by atoms with Crippen LogP contribution in [-0.4, -0.2) is 44.6 Å². The molecule has 3 rings (SSSR count). The smallest absolute Gasteiger partial charge is 0.207 e. The molecule has 3 N–H and O–H groups in total. The van der Waals surface area contributed by atoms with E-state index < -0.39 is 5.82 Å². The Balaban J connectivity index is 0.000000256. The largest absolute Gasteiger partial charge is 0.486 e. The van der Waals surface area contributed by atoms with Crippen molar-refractivity contribution in [3.63, 3.8) is 0 Å². The summed E-state index contributed by atoms with van der Waals surface area (Å²) in [7, 11) is 0. The van der Waals surface area contributed by atoms with Crippen LogP contribution in [0.1, 0.15) is 37.8 Å². The van der Waals surface area contributed by atoms with E-state index >= 15 is 0 Å². The lowest BCUT2D eigenvalue weighted by Gasteiger charge is -2.45. The molecule has 0 bridgehead atoms. The molecular formula is C26H36ClFN2O4. The molecule has 0 unspecified atom stereocenters. The van der Waals surface area contributed by atoms with Crippen molar-refractivity contribution in [1.82, 2.24) is 5.32 Å². The molecule has 34 heavy (non-hydrogen) atoms. The molecule has 0 radical (unpaired) electrons. The van der Waals surface area contributed by atoms with Crippen molar-refractivity contribution >= 4 is 24.3 Å². The average Bonchev–Trinajstić information content (AvgIpc) is 2.81. The van der Waals surface area contributed by atoms with Crippen molar-refractivity contribution in [2.75, 3.05) is 26.4 Å². The third kappa shape index (κ3) is 11.1. The van der Waals surface area contributed by atoms with Crippen LogP contribution in [-0.2, 0) is 20.7 Å². The highest BCUT2D eigenvalue weighted by Crippen LogP contribution is 2.35. The second kappa shape index (κ2) is 16.2. The maximum atomic E-state index is 12.7. The fourth-order valence-electron chi connectivity index (χ4n) is 3.53. The molecule has 8 heteroatoms. The molecule has 2 aromatic carbocycles. The van der Waals surface area contributed by atoms with Gasteiger partial charge in [-0.25, -0.2) is 4.39 Å². The van der Waals surface area contributed by atoms with Crippen LogP contribution in [0.25, 0.3) is 0 Å². The quantitative estimate of drug-likeness (QED) is 0.375. The summed E-state index contributed by atoms with van der Waals surface area (Å²) in [5, 5.41) is 2.81. The van der Waals surface area contributed by atoms with Gasteiger partial charge in [0.2, 0.25) is 6.41 Å². The van der Waals surface area contributed by atoms with Crippen LogP contribution >= 0.6 is 11.6 Å². The molecule has 0 spiro atoms. The number of carbonyl (C=O) groups is 2. The van der Waals surface area contributed by atoms with Crippen LogP contribution in [0.2, 0.25) is 5.02 Å². The van der Waals surface area contributed by atoms with E-state index in [-0.39, 0.29) is 17.2 Å². The van der Waals surface area contributed by atoms with Gasteiger partial charge in [-0.15, -0.1) is 0 Å². The third-order valence-electron chi connectivity index (χ3n) is 5.30. The van der Waals surface area contributed by atoms with Gasteiger partial charge in [-0.3, -0.25) is 9.59 Å². The Bertz CT molecular complexity index is 858. The average molecular weight is 495 g/mol. The Morgan fingerprint density at radius 1 is 1.21 bits per heavy atom. The highest BCUT2D eigenvalue weighted by molar-refractivity contribution is 6.30. The molecule has 1 fully saturated rings. The molecule has 1 saturated carbocycles. The van der Waals surface area contributed by atoms with Gasteiger partial charge in [-0.1, -0.05) is 48.4 Å². The first-order valence-electron chi connectivity index (χ1n) is 11.3. The van der Waals surface area contributed by atoms with Gasteiger partial charge in [0.05, 0.1) is 17.2 Å². The summed E-state index contributed by atoms with van der Waals surface area (Å²) in [6, 6.07) is 12.6. The summed E-state index contributed by atoms with van der Waals surface area (Å²) in [5.41, 5.74) is 8.11. The van der Waals surface area contributed by atoms with E-state index in [0.29, 0.717) is 18.6 Å². The van der Waals surface area contributed by atoms with Gasteiger partial charge in [0.25, 0.3) is 0 Å². The first-order chi connectivity index (χ1) is 16.3. The van der Waals surface area contributed by atoms with E-state index in [1.54, 1.807) is 0 Å². The third-order valence-corrected chi connectivity index (χ3v) is 5.61. The second-order valence-corrected chi connectivity index (χ2v) is 8.65. The molecule has 1 amide bonds. The minimum absolute atomic E-state index is 0.0356. The Hall–Kier alpha value is -2.48. The van der Waals surface area contributed by atoms with Gasteiger partial charge >= 0.3 is 0 Å². The van der Waals surface area contributed by atoms with E-state index in [1.165, 1.54) is 23.3 Å². The predicted octanol–water partition coefficient (Wildman–Crippen LogP) is 4.49. The maximum absolute atomic E-state index is 12.7. The minimum atomic E-state index is -0.555. The van der Waals surface area contributed by atoms with Crippen LogP contribution in [0.4, 0.5) is 4.39 Å². The number of nitrogens with two attached hydrogens (primary N) is 1. The second-order valence-electron chi connectivity index (χ2n) is 8.25. The number of nitrogens with one attached hydrogen (secondary N) is 1. The lowest BCUT2D eigenvalue weighted by Crippen LogP contribution is -2.58. The summed E-state index contributed by atoms with van der Waals surface area (Å²) >= 11 is 5.41. The summed E-state index contributed by atoms with van der Waals surface area (Å²) < 4.78 is 22.8. The molecular weight excluding hydrogens is 459 g/mol. The zero-order valence-electron chi connectivity index (χ0n) is 20.2. The van der Waals surface area contributed by atoms with Gasteiger partial charge in [0, 0.05) is 19.2 Å². The minimum Gasteiger partial charge on any atom is -0.486 e. The summed E-state index contributed by atoms with van der Waals surface area (Å²) in [6.45, 7) is 8.42. The highest BCUT2D eigenvalue weighted by Gasteiger charge is 2.40. The zero-order chi connectivity index (χ0) is 25.4. The van der Waals surface area contributed by atoms with Crippen molar-refractivity contribution in [2.24, 2.45) is 11.7 Å². The number of halogens is 2. The van der Waals surface area contributed by atoms with Gasteiger partial charge in [-0.2, -0.15) is 0 Å². The van der Waals surface area contributed by atoms with Gasteiger partial charge in [-0.05, 0) is 56.7 Å². The molecule has 1 aliphatic rings. The van der Waals surface area contributed by atoms with Gasteiger partial charge < -0.3 is 20.5 Å². The molecule has 0 heterocycles. The Labute approximate surface area is 207 Å². The topological polar surface area (TPSA) is 90.6 Å². The van der Waals surface area contributed by atoms with Crippen LogP contribution < -0.4 is 15.8 Å². The number of rotatable bonds is 10. The van der Waals surface area contributed by atoms with E-state index in [4.69, 9.17) is 26.8 Å².